The molecule has 1 fully saturated rings. The minimum Gasteiger partial charge on any atom is -0.494 e. The van der Waals surface area contributed by atoms with Gasteiger partial charge in [0.25, 0.3) is 5.56 Å². The standard InChI is InChI=1S/C25H26N4O3/c1-28-14-19(13-27-28)18-8-6-16(7-9-18)10-17-11-20-24(23(12-17)32-2)26-15-29(25(20)31)21-4-3-5-22(21)30/h6-9,11-15,21-22,30H,3-5,10H2,1-2H3/t21-,22-/m1/s1. The maximum Gasteiger partial charge on any atom is 0.261 e. The van der Waals surface area contributed by atoms with Gasteiger partial charge in [0.05, 0.1) is 37.2 Å². The molecule has 2 heterocycles. The Hall–Kier alpha value is -3.45. The molecule has 0 aliphatic heterocycles. The van der Waals surface area contributed by atoms with Crippen LogP contribution >= 0.6 is 0 Å². The van der Waals surface area contributed by atoms with Crippen molar-refractivity contribution in [3.8, 4) is 16.9 Å². The van der Waals surface area contributed by atoms with E-state index in [2.05, 4.69) is 34.3 Å². The number of rotatable bonds is 5. The summed E-state index contributed by atoms with van der Waals surface area (Å²) < 4.78 is 8.93. The van der Waals surface area contributed by atoms with Crippen molar-refractivity contribution < 1.29 is 9.84 Å². The quantitative estimate of drug-likeness (QED) is 0.524. The topological polar surface area (TPSA) is 82.2 Å². The summed E-state index contributed by atoms with van der Waals surface area (Å²) in [7, 11) is 3.50. The molecular weight excluding hydrogens is 404 g/mol. The van der Waals surface area contributed by atoms with Crippen LogP contribution in [0.4, 0.5) is 0 Å². The highest BCUT2D eigenvalue weighted by molar-refractivity contribution is 5.84. The first-order chi connectivity index (χ1) is 15.5. The summed E-state index contributed by atoms with van der Waals surface area (Å²) in [6.07, 6.45) is 7.96. The third-order valence-corrected chi connectivity index (χ3v) is 6.33. The average molecular weight is 431 g/mol. The van der Waals surface area contributed by atoms with Gasteiger partial charge in [-0.05, 0) is 54.5 Å². The van der Waals surface area contributed by atoms with Crippen LogP contribution in [0.3, 0.4) is 0 Å². The number of aromatic nitrogens is 4. The predicted molar refractivity (Wildman–Crippen MR) is 123 cm³/mol. The number of hydrogen-bond donors (Lipinski definition) is 1. The predicted octanol–water partition coefficient (Wildman–Crippen LogP) is 3.48. The van der Waals surface area contributed by atoms with Crippen LogP contribution in [0.25, 0.3) is 22.0 Å². The van der Waals surface area contributed by atoms with Crippen LogP contribution < -0.4 is 10.3 Å². The minimum atomic E-state index is -0.504. The minimum absolute atomic E-state index is 0.131. The lowest BCUT2D eigenvalue weighted by Crippen LogP contribution is -2.29. The zero-order valence-electron chi connectivity index (χ0n) is 18.2. The number of aryl methyl sites for hydroxylation is 1. The van der Waals surface area contributed by atoms with Gasteiger partial charge >= 0.3 is 0 Å². The fourth-order valence-electron chi connectivity index (χ4n) is 4.63. The molecule has 0 unspecified atom stereocenters. The van der Waals surface area contributed by atoms with Crippen molar-refractivity contribution in [3.05, 3.63) is 76.6 Å². The van der Waals surface area contributed by atoms with Crippen LogP contribution in [-0.2, 0) is 13.5 Å². The number of benzene rings is 2. The zero-order valence-corrected chi connectivity index (χ0v) is 18.2. The first kappa shape index (κ1) is 20.5. The van der Waals surface area contributed by atoms with Crippen molar-refractivity contribution in [2.75, 3.05) is 7.11 Å². The number of nitrogens with zero attached hydrogens (tertiary/aromatic N) is 4. The Kier molecular flexibility index (Phi) is 5.27. The van der Waals surface area contributed by atoms with Crippen molar-refractivity contribution >= 4 is 10.9 Å². The van der Waals surface area contributed by atoms with E-state index in [1.54, 1.807) is 22.7 Å². The van der Waals surface area contributed by atoms with Crippen LogP contribution in [-0.4, -0.2) is 37.7 Å². The van der Waals surface area contributed by atoms with Crippen molar-refractivity contribution in [2.24, 2.45) is 7.05 Å². The summed E-state index contributed by atoms with van der Waals surface area (Å²) >= 11 is 0. The number of fused-ring (bicyclic) bond motifs is 1. The van der Waals surface area contributed by atoms with E-state index in [0.29, 0.717) is 29.5 Å². The first-order valence-corrected chi connectivity index (χ1v) is 10.9. The van der Waals surface area contributed by atoms with Gasteiger partial charge < -0.3 is 9.84 Å². The summed E-state index contributed by atoms with van der Waals surface area (Å²) in [4.78, 5) is 17.8. The Morgan fingerprint density at radius 3 is 2.59 bits per heavy atom. The van der Waals surface area contributed by atoms with Crippen molar-refractivity contribution in [1.82, 2.24) is 19.3 Å². The van der Waals surface area contributed by atoms with Gasteiger partial charge in [-0.2, -0.15) is 5.10 Å². The number of aliphatic hydroxyl groups is 1. The van der Waals surface area contributed by atoms with Gasteiger partial charge in [0.15, 0.2) is 0 Å². The van der Waals surface area contributed by atoms with Gasteiger partial charge in [-0.15, -0.1) is 0 Å². The normalized spacial score (nSPS) is 18.3. The number of ether oxygens (including phenoxy) is 1. The monoisotopic (exact) mass is 430 g/mol. The SMILES string of the molecule is COc1cc(Cc2ccc(-c3cnn(C)c3)cc2)cc2c(=O)n([C@@H]3CCC[C@H]3O)cnc12. The molecule has 4 aromatic rings. The van der Waals surface area contributed by atoms with E-state index >= 15 is 0 Å². The molecule has 1 N–H and O–H groups in total. The van der Waals surface area contributed by atoms with Crippen LogP contribution in [0, 0.1) is 0 Å². The Morgan fingerprint density at radius 1 is 1.12 bits per heavy atom. The third-order valence-electron chi connectivity index (χ3n) is 6.33. The van der Waals surface area contributed by atoms with Gasteiger partial charge in [-0.1, -0.05) is 24.3 Å². The second kappa shape index (κ2) is 8.24. The Balaban J connectivity index is 1.49. The smallest absolute Gasteiger partial charge is 0.261 e. The maximum atomic E-state index is 13.3. The van der Waals surface area contributed by atoms with Crippen molar-refractivity contribution in [1.29, 1.82) is 0 Å². The molecule has 0 spiro atoms. The fourth-order valence-corrected chi connectivity index (χ4v) is 4.63. The van der Waals surface area contributed by atoms with E-state index in [0.717, 1.165) is 35.1 Å². The van der Waals surface area contributed by atoms with Crippen molar-refractivity contribution in [2.45, 2.75) is 37.8 Å². The molecule has 1 aliphatic rings. The van der Waals surface area contributed by atoms with Crippen molar-refractivity contribution in [3.63, 3.8) is 0 Å². The number of aliphatic hydroxyl groups excluding tert-OH is 1. The third kappa shape index (κ3) is 3.69. The molecule has 164 valence electrons. The second-order valence-electron chi connectivity index (χ2n) is 8.49. The summed E-state index contributed by atoms with van der Waals surface area (Å²) in [6.45, 7) is 0. The lowest BCUT2D eigenvalue weighted by molar-refractivity contribution is 0.134. The van der Waals surface area contributed by atoms with E-state index in [-0.39, 0.29) is 11.6 Å². The molecule has 0 amide bonds. The molecule has 0 bridgehead atoms. The van der Waals surface area contributed by atoms with Crippen LogP contribution in [0.1, 0.15) is 36.4 Å². The lowest BCUT2D eigenvalue weighted by Gasteiger charge is -2.18. The molecule has 2 aromatic carbocycles. The summed E-state index contributed by atoms with van der Waals surface area (Å²) in [5.41, 5.74) is 4.72. The molecule has 5 rings (SSSR count). The Morgan fingerprint density at radius 2 is 1.94 bits per heavy atom. The van der Waals surface area contributed by atoms with E-state index in [4.69, 9.17) is 4.74 Å². The van der Waals surface area contributed by atoms with Gasteiger partial charge in [-0.3, -0.25) is 14.0 Å². The van der Waals surface area contributed by atoms with Gasteiger partial charge in [0.1, 0.15) is 11.3 Å². The highest BCUT2D eigenvalue weighted by Crippen LogP contribution is 2.31. The molecule has 2 aromatic heterocycles. The molecule has 0 radical (unpaired) electrons. The van der Waals surface area contributed by atoms with E-state index in [9.17, 15) is 9.90 Å². The van der Waals surface area contributed by atoms with Crippen LogP contribution in [0.2, 0.25) is 0 Å². The second-order valence-corrected chi connectivity index (χ2v) is 8.49. The van der Waals surface area contributed by atoms with E-state index in [1.165, 1.54) is 0 Å². The maximum absolute atomic E-state index is 13.3. The van der Waals surface area contributed by atoms with E-state index < -0.39 is 6.10 Å². The van der Waals surface area contributed by atoms with Gasteiger partial charge in [0.2, 0.25) is 0 Å². The fraction of sp³-hybridized carbons (Fsp3) is 0.320. The summed E-state index contributed by atoms with van der Waals surface area (Å²) in [6, 6.07) is 12.0. The first-order valence-electron chi connectivity index (χ1n) is 10.9. The van der Waals surface area contributed by atoms with E-state index in [1.807, 2.05) is 31.6 Å². The molecule has 32 heavy (non-hydrogen) atoms. The highest BCUT2D eigenvalue weighted by Gasteiger charge is 2.28. The Labute approximate surface area is 185 Å². The highest BCUT2D eigenvalue weighted by atomic mass is 16.5. The molecule has 1 saturated carbocycles. The Bertz CT molecular complexity index is 1320. The molecule has 7 heteroatoms. The lowest BCUT2D eigenvalue weighted by atomic mass is 10.0. The van der Waals surface area contributed by atoms with Crippen LogP contribution in [0.15, 0.2) is 59.9 Å². The molecule has 2 atom stereocenters. The van der Waals surface area contributed by atoms with Gasteiger partial charge in [-0.25, -0.2) is 4.98 Å². The molecule has 1 aliphatic carbocycles. The summed E-state index contributed by atoms with van der Waals surface area (Å²) in [5, 5.41) is 15.0. The van der Waals surface area contributed by atoms with Gasteiger partial charge in [0, 0.05) is 18.8 Å². The number of hydrogen-bond acceptors (Lipinski definition) is 5. The molecule has 0 saturated heterocycles. The zero-order chi connectivity index (χ0) is 22.2. The number of methoxy groups -OCH3 is 1. The van der Waals surface area contributed by atoms with Crippen LogP contribution in [0.5, 0.6) is 5.75 Å². The molecular formula is C25H26N4O3. The largest absolute Gasteiger partial charge is 0.494 e. The average Bonchev–Trinajstić information content (AvgIpc) is 3.42. The molecule has 7 nitrogen and oxygen atoms in total. The summed E-state index contributed by atoms with van der Waals surface area (Å²) in [5.74, 6) is 0.584.